The van der Waals surface area contributed by atoms with Crippen LogP contribution in [0.25, 0.3) is 87.8 Å². The van der Waals surface area contributed by atoms with E-state index in [2.05, 4.69) is 127 Å². The third-order valence-electron chi connectivity index (χ3n) is 8.56. The molecule has 2 heteroatoms. The topological polar surface area (TPSA) is 26.3 Å². The lowest BCUT2D eigenvalue weighted by molar-refractivity contribution is 0.616. The number of para-hydroxylation sites is 1. The molecule has 0 saturated heterocycles. The largest absolute Gasteiger partial charge is 0.464 e. The van der Waals surface area contributed by atoms with Gasteiger partial charge in [0.05, 0.1) is 6.26 Å². The lowest BCUT2D eigenvalue weighted by atomic mass is 9.84. The molecule has 2 heterocycles. The van der Waals surface area contributed by atoms with Gasteiger partial charge in [-0.2, -0.15) is 0 Å². The van der Waals surface area contributed by atoms with Crippen molar-refractivity contribution in [3.63, 3.8) is 0 Å². The van der Waals surface area contributed by atoms with Crippen molar-refractivity contribution >= 4 is 54.5 Å². The molecule has 0 aliphatic carbocycles. The molecule has 7 aromatic carbocycles. The molecule has 0 N–H and O–H groups in total. The first-order chi connectivity index (χ1) is 20.8. The predicted octanol–water partition coefficient (Wildman–Crippen LogP) is 11.6. The van der Waals surface area contributed by atoms with Crippen molar-refractivity contribution < 1.29 is 8.83 Å². The second-order valence-corrected chi connectivity index (χ2v) is 10.8. The number of furan rings is 2. The van der Waals surface area contributed by atoms with Gasteiger partial charge in [-0.1, -0.05) is 121 Å². The molecule has 0 amide bonds. The van der Waals surface area contributed by atoms with E-state index < -0.39 is 0 Å². The molecule has 9 aromatic rings. The van der Waals surface area contributed by atoms with Crippen molar-refractivity contribution in [3.8, 4) is 33.4 Å². The summed E-state index contributed by atoms with van der Waals surface area (Å²) in [5, 5.41) is 8.01. The maximum atomic E-state index is 6.64. The summed E-state index contributed by atoms with van der Waals surface area (Å²) < 4.78 is 12.7. The van der Waals surface area contributed by atoms with E-state index in [1.54, 1.807) is 6.26 Å². The van der Waals surface area contributed by atoms with Gasteiger partial charge in [0, 0.05) is 27.3 Å². The standard InChI is InChI=1S/C40H24O2/c1-2-10-25(11-3-1)26-18-20-27(21-19-26)37-29-13-4-6-15-31(29)38(32-16-7-5-14-30(32)37)39-33-22-23-41-36(33)24-34-28-12-8-9-17-35(28)42-40(34)39/h1-24H. The Hall–Kier alpha value is -5.60. The van der Waals surface area contributed by atoms with Gasteiger partial charge >= 0.3 is 0 Å². The summed E-state index contributed by atoms with van der Waals surface area (Å²) in [6.07, 6.45) is 1.78. The molecule has 2 aromatic heterocycles. The SMILES string of the molecule is c1ccc(-c2ccc(-c3c4ccccc4c(-c4c5ccoc5cc5c4oc4ccccc45)c4ccccc34)cc2)cc1. The van der Waals surface area contributed by atoms with Crippen molar-refractivity contribution in [2.45, 2.75) is 0 Å². The minimum Gasteiger partial charge on any atom is -0.464 e. The number of hydrogen-bond acceptors (Lipinski definition) is 2. The first-order valence-electron chi connectivity index (χ1n) is 14.3. The Morgan fingerprint density at radius 1 is 0.333 bits per heavy atom. The summed E-state index contributed by atoms with van der Waals surface area (Å²) in [7, 11) is 0. The maximum Gasteiger partial charge on any atom is 0.144 e. The van der Waals surface area contributed by atoms with Gasteiger partial charge in [0.25, 0.3) is 0 Å². The van der Waals surface area contributed by atoms with Crippen LogP contribution in [0, 0.1) is 0 Å². The Morgan fingerprint density at radius 3 is 1.57 bits per heavy atom. The molecule has 0 aliphatic heterocycles. The minimum absolute atomic E-state index is 0.859. The van der Waals surface area contributed by atoms with E-state index in [4.69, 9.17) is 8.83 Å². The van der Waals surface area contributed by atoms with Crippen molar-refractivity contribution in [3.05, 3.63) is 146 Å². The summed E-state index contributed by atoms with van der Waals surface area (Å²) in [6.45, 7) is 0. The fraction of sp³-hybridized carbons (Fsp3) is 0. The van der Waals surface area contributed by atoms with Crippen LogP contribution in [0.2, 0.25) is 0 Å². The van der Waals surface area contributed by atoms with Crippen molar-refractivity contribution in [1.29, 1.82) is 0 Å². The molecule has 42 heavy (non-hydrogen) atoms. The van der Waals surface area contributed by atoms with Crippen molar-refractivity contribution in [1.82, 2.24) is 0 Å². The summed E-state index contributed by atoms with van der Waals surface area (Å²) in [4.78, 5) is 0. The molecule has 0 bridgehead atoms. The molecule has 0 atom stereocenters. The molecule has 0 unspecified atom stereocenters. The van der Waals surface area contributed by atoms with Crippen molar-refractivity contribution in [2.24, 2.45) is 0 Å². The van der Waals surface area contributed by atoms with Gasteiger partial charge in [0.1, 0.15) is 16.7 Å². The second kappa shape index (κ2) is 8.95. The molecule has 0 fully saturated rings. The monoisotopic (exact) mass is 536 g/mol. The first kappa shape index (κ1) is 23.1. The molecule has 9 rings (SSSR count). The van der Waals surface area contributed by atoms with Crippen LogP contribution in [-0.4, -0.2) is 0 Å². The molecule has 0 spiro atoms. The molecular weight excluding hydrogens is 512 g/mol. The lowest BCUT2D eigenvalue weighted by Crippen LogP contribution is -1.92. The summed E-state index contributed by atoms with van der Waals surface area (Å²) in [6, 6.07) is 49.5. The Bertz CT molecular complexity index is 2380. The third kappa shape index (κ3) is 3.33. The van der Waals surface area contributed by atoms with Crippen molar-refractivity contribution in [2.75, 3.05) is 0 Å². The zero-order chi connectivity index (χ0) is 27.6. The minimum atomic E-state index is 0.859. The van der Waals surface area contributed by atoms with Gasteiger partial charge in [-0.05, 0) is 62.0 Å². The van der Waals surface area contributed by atoms with Gasteiger partial charge in [-0.25, -0.2) is 0 Å². The summed E-state index contributed by atoms with van der Waals surface area (Å²) >= 11 is 0. The molecule has 0 aliphatic rings. The fourth-order valence-corrected chi connectivity index (χ4v) is 6.70. The average molecular weight is 537 g/mol. The molecule has 2 nitrogen and oxygen atoms in total. The van der Waals surface area contributed by atoms with E-state index in [1.807, 2.05) is 12.1 Å². The smallest absolute Gasteiger partial charge is 0.144 e. The highest BCUT2D eigenvalue weighted by Gasteiger charge is 2.23. The van der Waals surface area contributed by atoms with Crippen LogP contribution in [0.5, 0.6) is 0 Å². The number of fused-ring (bicyclic) bond motifs is 6. The van der Waals surface area contributed by atoms with Crippen LogP contribution >= 0.6 is 0 Å². The van der Waals surface area contributed by atoms with Gasteiger partial charge in [0.2, 0.25) is 0 Å². The van der Waals surface area contributed by atoms with Gasteiger partial charge in [-0.3, -0.25) is 0 Å². The van der Waals surface area contributed by atoms with Gasteiger partial charge in [0.15, 0.2) is 0 Å². The van der Waals surface area contributed by atoms with Gasteiger partial charge < -0.3 is 8.83 Å². The fourth-order valence-electron chi connectivity index (χ4n) is 6.70. The van der Waals surface area contributed by atoms with Crippen LogP contribution in [0.3, 0.4) is 0 Å². The highest BCUT2D eigenvalue weighted by Crippen LogP contribution is 2.49. The third-order valence-corrected chi connectivity index (χ3v) is 8.56. The van der Waals surface area contributed by atoms with Crippen LogP contribution in [0.15, 0.2) is 155 Å². The van der Waals surface area contributed by atoms with Crippen LogP contribution < -0.4 is 0 Å². The maximum absolute atomic E-state index is 6.64. The van der Waals surface area contributed by atoms with E-state index >= 15 is 0 Å². The van der Waals surface area contributed by atoms with Crippen LogP contribution in [-0.2, 0) is 0 Å². The summed E-state index contributed by atoms with van der Waals surface area (Å²) in [5.74, 6) is 0. The molecule has 0 radical (unpaired) electrons. The summed E-state index contributed by atoms with van der Waals surface area (Å²) in [5.41, 5.74) is 9.74. The zero-order valence-electron chi connectivity index (χ0n) is 22.7. The number of rotatable bonds is 3. The quantitative estimate of drug-likeness (QED) is 0.210. The van der Waals surface area contributed by atoms with E-state index in [0.717, 1.165) is 38.5 Å². The lowest BCUT2D eigenvalue weighted by Gasteiger charge is -2.18. The molecule has 0 saturated carbocycles. The van der Waals surface area contributed by atoms with E-state index in [1.165, 1.54) is 49.4 Å². The Labute approximate surface area is 242 Å². The zero-order valence-corrected chi connectivity index (χ0v) is 22.7. The Balaban J connectivity index is 1.40. The molecule has 196 valence electrons. The highest BCUT2D eigenvalue weighted by molar-refractivity contribution is 6.28. The normalized spacial score (nSPS) is 11.8. The van der Waals surface area contributed by atoms with Crippen LogP contribution in [0.1, 0.15) is 0 Å². The van der Waals surface area contributed by atoms with Crippen LogP contribution in [0.4, 0.5) is 0 Å². The Morgan fingerprint density at radius 2 is 0.881 bits per heavy atom. The van der Waals surface area contributed by atoms with Gasteiger partial charge in [-0.15, -0.1) is 0 Å². The Kier molecular flexibility index (Phi) is 4.93. The van der Waals surface area contributed by atoms with E-state index in [9.17, 15) is 0 Å². The number of hydrogen-bond donors (Lipinski definition) is 0. The molecular formula is C40H24O2. The average Bonchev–Trinajstić information content (AvgIpc) is 3.68. The first-order valence-corrected chi connectivity index (χ1v) is 14.3. The number of benzene rings is 7. The second-order valence-electron chi connectivity index (χ2n) is 10.8. The van der Waals surface area contributed by atoms with E-state index in [0.29, 0.717) is 0 Å². The predicted molar refractivity (Wildman–Crippen MR) is 175 cm³/mol. The highest BCUT2D eigenvalue weighted by atomic mass is 16.3. The van der Waals surface area contributed by atoms with E-state index in [-0.39, 0.29) is 0 Å².